The first-order valence-corrected chi connectivity index (χ1v) is 13.6. The number of hydrogen-bond acceptors (Lipinski definition) is 6. The van der Waals surface area contributed by atoms with Crippen molar-refractivity contribution in [1.82, 2.24) is 15.1 Å². The third-order valence-electron chi connectivity index (χ3n) is 7.15. The molecule has 2 N–H and O–H groups in total. The van der Waals surface area contributed by atoms with Crippen LogP contribution in [0, 0.1) is 29.0 Å². The zero-order valence-electron chi connectivity index (χ0n) is 23.0. The van der Waals surface area contributed by atoms with Crippen molar-refractivity contribution >= 4 is 5.91 Å². The SMILES string of the molecule is CCC#C[C@H]1CCCN1C(=O)c1cc(-c2nnc([C@](C)(N)Cc3ccccc3)o2)cc(-c2cccc(F)c2C#N)c1. The van der Waals surface area contributed by atoms with Crippen molar-refractivity contribution in [2.45, 2.75) is 51.1 Å². The Morgan fingerprint density at radius 1 is 1.15 bits per heavy atom. The molecule has 206 valence electrons. The Morgan fingerprint density at radius 2 is 1.93 bits per heavy atom. The summed E-state index contributed by atoms with van der Waals surface area (Å²) in [5.41, 5.74) is 8.23. The standard InChI is InChI=1S/C33H30FN5O2/c1-3-4-12-26-13-9-16-39(26)31(40)25-18-23(27-14-8-15-29(34)28(27)21-35)17-24(19-25)30-37-38-32(41-30)33(2,36)20-22-10-6-5-7-11-22/h5-8,10-11,14-15,17-19,26H,3,9,13,16,20,36H2,1-2H3/t26-,33+/m0/s1. The van der Waals surface area contributed by atoms with Crippen LogP contribution < -0.4 is 5.73 Å². The second kappa shape index (κ2) is 11.8. The number of halogens is 1. The van der Waals surface area contributed by atoms with Gasteiger partial charge in [0, 0.05) is 29.7 Å². The summed E-state index contributed by atoms with van der Waals surface area (Å²) in [6, 6.07) is 21.0. The minimum Gasteiger partial charge on any atom is -0.419 e. The van der Waals surface area contributed by atoms with E-state index in [0.29, 0.717) is 41.6 Å². The lowest BCUT2D eigenvalue weighted by Gasteiger charge is -2.21. The number of amides is 1. The fraction of sp³-hybridized carbons (Fsp3) is 0.273. The second-order valence-corrected chi connectivity index (χ2v) is 10.4. The van der Waals surface area contributed by atoms with Crippen LogP contribution in [0.15, 0.2) is 71.1 Å². The van der Waals surface area contributed by atoms with Gasteiger partial charge in [0.25, 0.3) is 5.91 Å². The van der Waals surface area contributed by atoms with E-state index in [4.69, 9.17) is 10.2 Å². The first kappa shape index (κ1) is 27.8. The maximum absolute atomic E-state index is 14.6. The molecule has 1 aliphatic heterocycles. The quantitative estimate of drug-likeness (QED) is 0.303. The Hall–Kier alpha value is -4.79. The molecular formula is C33H30FN5O2. The van der Waals surface area contributed by atoms with Crippen molar-refractivity contribution in [3.8, 4) is 40.5 Å². The van der Waals surface area contributed by atoms with Crippen LogP contribution in [0.1, 0.15) is 60.5 Å². The Balaban J connectivity index is 1.58. The van der Waals surface area contributed by atoms with Gasteiger partial charge in [-0.3, -0.25) is 4.79 Å². The number of rotatable bonds is 6. The second-order valence-electron chi connectivity index (χ2n) is 10.4. The normalized spacial score (nSPS) is 16.0. The highest BCUT2D eigenvalue weighted by Gasteiger charge is 2.31. The summed E-state index contributed by atoms with van der Waals surface area (Å²) in [6.45, 7) is 4.38. The summed E-state index contributed by atoms with van der Waals surface area (Å²) in [6.07, 6.45) is 2.84. The summed E-state index contributed by atoms with van der Waals surface area (Å²) in [5.74, 6) is 5.85. The Kier molecular flexibility index (Phi) is 7.96. The van der Waals surface area contributed by atoms with Gasteiger partial charge in [-0.15, -0.1) is 16.1 Å². The van der Waals surface area contributed by atoms with E-state index < -0.39 is 11.4 Å². The van der Waals surface area contributed by atoms with Crippen LogP contribution in [-0.4, -0.2) is 33.6 Å². The highest BCUT2D eigenvalue weighted by atomic mass is 19.1. The highest BCUT2D eigenvalue weighted by Crippen LogP contribution is 2.33. The van der Waals surface area contributed by atoms with Crippen LogP contribution >= 0.6 is 0 Å². The number of aromatic nitrogens is 2. The molecule has 1 aliphatic rings. The van der Waals surface area contributed by atoms with Gasteiger partial charge in [0.2, 0.25) is 11.8 Å². The first-order chi connectivity index (χ1) is 19.8. The molecule has 0 radical (unpaired) electrons. The molecule has 0 bridgehead atoms. The fourth-order valence-electron chi connectivity index (χ4n) is 5.12. The Labute approximate surface area is 238 Å². The largest absolute Gasteiger partial charge is 0.419 e. The van der Waals surface area contributed by atoms with Gasteiger partial charge in [0.15, 0.2) is 0 Å². The van der Waals surface area contributed by atoms with Crippen molar-refractivity contribution in [2.24, 2.45) is 5.73 Å². The van der Waals surface area contributed by atoms with Gasteiger partial charge >= 0.3 is 0 Å². The number of nitrogens with zero attached hydrogens (tertiary/aromatic N) is 4. The van der Waals surface area contributed by atoms with Crippen LogP contribution in [0.5, 0.6) is 0 Å². The van der Waals surface area contributed by atoms with Gasteiger partial charge in [0.05, 0.1) is 17.1 Å². The van der Waals surface area contributed by atoms with Gasteiger partial charge in [-0.1, -0.05) is 55.3 Å². The fourth-order valence-corrected chi connectivity index (χ4v) is 5.12. The molecule has 0 spiro atoms. The van der Waals surface area contributed by atoms with Crippen LogP contribution in [0.3, 0.4) is 0 Å². The number of nitriles is 1. The molecule has 4 aromatic rings. The predicted octanol–water partition coefficient (Wildman–Crippen LogP) is 5.85. The Bertz CT molecular complexity index is 1680. The average Bonchev–Trinajstić information content (AvgIpc) is 3.66. The van der Waals surface area contributed by atoms with Gasteiger partial charge in [0.1, 0.15) is 11.9 Å². The van der Waals surface area contributed by atoms with E-state index in [1.54, 1.807) is 29.2 Å². The van der Waals surface area contributed by atoms with E-state index in [9.17, 15) is 14.4 Å². The zero-order chi connectivity index (χ0) is 29.0. The highest BCUT2D eigenvalue weighted by molar-refractivity contribution is 5.97. The molecule has 2 atom stereocenters. The maximum atomic E-state index is 14.6. The number of nitrogens with two attached hydrogens (primary N) is 1. The summed E-state index contributed by atoms with van der Waals surface area (Å²) < 4.78 is 20.7. The minimum absolute atomic E-state index is 0.112. The topological polar surface area (TPSA) is 109 Å². The lowest BCUT2D eigenvalue weighted by molar-refractivity contribution is 0.0766. The van der Waals surface area contributed by atoms with E-state index in [1.165, 1.54) is 12.1 Å². The summed E-state index contributed by atoms with van der Waals surface area (Å²) in [5, 5.41) is 18.2. The van der Waals surface area contributed by atoms with Crippen LogP contribution in [0.25, 0.3) is 22.6 Å². The maximum Gasteiger partial charge on any atom is 0.254 e. The third-order valence-corrected chi connectivity index (χ3v) is 7.15. The van der Waals surface area contributed by atoms with Crippen molar-refractivity contribution < 1.29 is 13.6 Å². The monoisotopic (exact) mass is 547 g/mol. The summed E-state index contributed by atoms with van der Waals surface area (Å²) >= 11 is 0. The molecule has 5 rings (SSSR count). The molecule has 0 aliphatic carbocycles. The first-order valence-electron chi connectivity index (χ1n) is 13.6. The molecule has 1 aromatic heterocycles. The lowest BCUT2D eigenvalue weighted by atomic mass is 9.94. The number of carbonyl (C=O) groups is 1. The minimum atomic E-state index is -0.944. The molecule has 8 heteroatoms. The van der Waals surface area contributed by atoms with E-state index >= 15 is 0 Å². The summed E-state index contributed by atoms with van der Waals surface area (Å²) in [4.78, 5) is 15.6. The van der Waals surface area contributed by atoms with Crippen LogP contribution in [-0.2, 0) is 12.0 Å². The Morgan fingerprint density at radius 3 is 2.68 bits per heavy atom. The molecule has 1 fully saturated rings. The van der Waals surface area contributed by atoms with Gasteiger partial charge in [-0.2, -0.15) is 5.26 Å². The molecule has 2 heterocycles. The van der Waals surface area contributed by atoms with E-state index in [1.807, 2.05) is 50.2 Å². The molecule has 3 aromatic carbocycles. The predicted molar refractivity (Wildman–Crippen MR) is 154 cm³/mol. The molecular weight excluding hydrogens is 517 g/mol. The van der Waals surface area contributed by atoms with Crippen LogP contribution in [0.4, 0.5) is 4.39 Å². The molecule has 1 saturated heterocycles. The molecule has 1 amide bonds. The zero-order valence-corrected chi connectivity index (χ0v) is 23.0. The van der Waals surface area contributed by atoms with Crippen molar-refractivity contribution in [2.75, 3.05) is 6.54 Å². The number of hydrogen-bond donors (Lipinski definition) is 1. The average molecular weight is 548 g/mol. The van der Waals surface area contributed by atoms with E-state index in [2.05, 4.69) is 22.0 Å². The van der Waals surface area contributed by atoms with E-state index in [-0.39, 0.29) is 29.3 Å². The number of benzene rings is 3. The van der Waals surface area contributed by atoms with Gasteiger partial charge in [-0.05, 0) is 61.6 Å². The molecule has 0 saturated carbocycles. The van der Waals surface area contributed by atoms with Crippen LogP contribution in [0.2, 0.25) is 0 Å². The van der Waals surface area contributed by atoms with Crippen molar-refractivity contribution in [1.29, 1.82) is 5.26 Å². The third kappa shape index (κ3) is 5.89. The molecule has 7 nitrogen and oxygen atoms in total. The van der Waals surface area contributed by atoms with Crippen molar-refractivity contribution in [3.63, 3.8) is 0 Å². The van der Waals surface area contributed by atoms with E-state index in [0.717, 1.165) is 18.4 Å². The number of likely N-dealkylation sites (tertiary alicyclic amines) is 1. The lowest BCUT2D eigenvalue weighted by Crippen LogP contribution is -2.35. The van der Waals surface area contributed by atoms with Gasteiger partial charge < -0.3 is 15.1 Å². The number of carbonyl (C=O) groups excluding carboxylic acids is 1. The molecule has 0 unspecified atom stereocenters. The molecule has 41 heavy (non-hydrogen) atoms. The van der Waals surface area contributed by atoms with Crippen molar-refractivity contribution in [3.05, 3.63) is 95.1 Å². The smallest absolute Gasteiger partial charge is 0.254 e. The van der Waals surface area contributed by atoms with Gasteiger partial charge in [-0.25, -0.2) is 4.39 Å². The summed E-state index contributed by atoms with van der Waals surface area (Å²) in [7, 11) is 0.